The minimum atomic E-state index is 0.0651. The number of aliphatic hydroxyl groups excluding tert-OH is 1. The first-order valence-corrected chi connectivity index (χ1v) is 6.90. The van der Waals surface area contributed by atoms with E-state index in [0.29, 0.717) is 18.2 Å². The predicted molar refractivity (Wildman–Crippen MR) is 81.1 cm³/mol. The van der Waals surface area contributed by atoms with Crippen LogP contribution in [-0.2, 0) is 6.54 Å². The molecule has 1 aromatic heterocycles. The zero-order valence-corrected chi connectivity index (χ0v) is 12.4. The van der Waals surface area contributed by atoms with Crippen molar-refractivity contribution < 1.29 is 5.11 Å². The van der Waals surface area contributed by atoms with Crippen LogP contribution in [0.1, 0.15) is 16.7 Å². The second kappa shape index (κ2) is 6.68. The van der Waals surface area contributed by atoms with Crippen molar-refractivity contribution in [3.63, 3.8) is 0 Å². The highest BCUT2D eigenvalue weighted by atomic mass is 35.5. The second-order valence-electron chi connectivity index (χ2n) is 4.70. The minimum Gasteiger partial charge on any atom is -0.395 e. The largest absolute Gasteiger partial charge is 0.395 e. The molecule has 0 saturated carbocycles. The van der Waals surface area contributed by atoms with Crippen LogP contribution >= 0.6 is 11.6 Å². The molecule has 0 bridgehead atoms. The molecule has 0 spiro atoms. The number of anilines is 1. The highest BCUT2D eigenvalue weighted by molar-refractivity contribution is 6.30. The quantitative estimate of drug-likeness (QED) is 0.920. The molecule has 1 heterocycles. The lowest BCUT2D eigenvalue weighted by atomic mass is 10.1. The van der Waals surface area contributed by atoms with Crippen LogP contribution in [0.2, 0.25) is 5.15 Å². The van der Waals surface area contributed by atoms with Gasteiger partial charge in [-0.1, -0.05) is 41.9 Å². The first-order chi connectivity index (χ1) is 9.63. The van der Waals surface area contributed by atoms with Crippen molar-refractivity contribution in [1.82, 2.24) is 10.2 Å². The van der Waals surface area contributed by atoms with Crippen molar-refractivity contribution in [2.45, 2.75) is 20.4 Å². The number of aliphatic hydroxyl groups is 1. The average Bonchev–Trinajstić information content (AvgIpc) is 2.46. The lowest BCUT2D eigenvalue weighted by Crippen LogP contribution is -2.28. The number of benzene rings is 1. The van der Waals surface area contributed by atoms with Gasteiger partial charge >= 0.3 is 0 Å². The average molecular weight is 292 g/mol. The Kier molecular flexibility index (Phi) is 4.93. The molecule has 2 rings (SSSR count). The zero-order chi connectivity index (χ0) is 14.5. The molecule has 5 heteroatoms. The summed E-state index contributed by atoms with van der Waals surface area (Å²) in [7, 11) is 0. The SMILES string of the molecule is Cc1c(Cl)nnc(N(CCO)Cc2ccccc2)c1C. The first-order valence-electron chi connectivity index (χ1n) is 6.52. The summed E-state index contributed by atoms with van der Waals surface area (Å²) >= 11 is 5.99. The molecule has 0 amide bonds. The fourth-order valence-corrected chi connectivity index (χ4v) is 2.23. The monoisotopic (exact) mass is 291 g/mol. The summed E-state index contributed by atoms with van der Waals surface area (Å²) in [5.74, 6) is 0.768. The van der Waals surface area contributed by atoms with Crippen LogP contribution in [0.15, 0.2) is 30.3 Å². The Balaban J connectivity index is 2.31. The number of aromatic nitrogens is 2. The highest BCUT2D eigenvalue weighted by Crippen LogP contribution is 2.24. The highest BCUT2D eigenvalue weighted by Gasteiger charge is 2.15. The van der Waals surface area contributed by atoms with Gasteiger partial charge in [-0.05, 0) is 30.5 Å². The number of hydrogen-bond donors (Lipinski definition) is 1. The molecule has 0 aliphatic rings. The van der Waals surface area contributed by atoms with Crippen LogP contribution < -0.4 is 4.90 Å². The van der Waals surface area contributed by atoms with E-state index in [2.05, 4.69) is 22.3 Å². The van der Waals surface area contributed by atoms with Crippen LogP contribution in [0.3, 0.4) is 0 Å². The van der Waals surface area contributed by atoms with E-state index >= 15 is 0 Å². The number of rotatable bonds is 5. The van der Waals surface area contributed by atoms with Gasteiger partial charge in [0.05, 0.1) is 6.61 Å². The fourth-order valence-electron chi connectivity index (χ4n) is 2.05. The van der Waals surface area contributed by atoms with Gasteiger partial charge in [-0.25, -0.2) is 0 Å². The maximum absolute atomic E-state index is 9.27. The predicted octanol–water partition coefficient (Wildman–Crippen LogP) is 2.75. The molecule has 2 aromatic rings. The molecule has 0 atom stereocenters. The molecule has 1 N–H and O–H groups in total. The summed E-state index contributed by atoms with van der Waals surface area (Å²) in [6.45, 7) is 5.15. The smallest absolute Gasteiger partial charge is 0.155 e. The Morgan fingerprint density at radius 2 is 1.80 bits per heavy atom. The van der Waals surface area contributed by atoms with Crippen molar-refractivity contribution >= 4 is 17.4 Å². The van der Waals surface area contributed by atoms with Crippen LogP contribution in [0.25, 0.3) is 0 Å². The van der Waals surface area contributed by atoms with Crippen LogP contribution in [-0.4, -0.2) is 28.5 Å². The summed E-state index contributed by atoms with van der Waals surface area (Å²) in [5, 5.41) is 17.9. The first kappa shape index (κ1) is 14.8. The van der Waals surface area contributed by atoms with Crippen LogP contribution in [0.4, 0.5) is 5.82 Å². The molecule has 0 saturated heterocycles. The topological polar surface area (TPSA) is 49.2 Å². The molecular formula is C15H18ClN3O. The van der Waals surface area contributed by atoms with Crippen molar-refractivity contribution in [2.24, 2.45) is 0 Å². The van der Waals surface area contributed by atoms with Gasteiger partial charge in [0.15, 0.2) is 11.0 Å². The molecule has 0 radical (unpaired) electrons. The van der Waals surface area contributed by atoms with Crippen LogP contribution in [0, 0.1) is 13.8 Å². The summed E-state index contributed by atoms with van der Waals surface area (Å²) in [4.78, 5) is 2.01. The van der Waals surface area contributed by atoms with E-state index in [1.54, 1.807) is 0 Å². The molecule has 106 valence electrons. The zero-order valence-electron chi connectivity index (χ0n) is 11.7. The molecule has 20 heavy (non-hydrogen) atoms. The lowest BCUT2D eigenvalue weighted by Gasteiger charge is -2.24. The van der Waals surface area contributed by atoms with Crippen molar-refractivity contribution in [3.8, 4) is 0 Å². The summed E-state index contributed by atoms with van der Waals surface area (Å²) in [5.41, 5.74) is 3.08. The minimum absolute atomic E-state index is 0.0651. The molecule has 0 unspecified atom stereocenters. The van der Waals surface area contributed by atoms with Gasteiger partial charge in [0.2, 0.25) is 0 Å². The van der Waals surface area contributed by atoms with E-state index < -0.39 is 0 Å². The third kappa shape index (κ3) is 3.26. The Bertz CT molecular complexity index is 575. The second-order valence-corrected chi connectivity index (χ2v) is 5.05. The molecule has 1 aromatic carbocycles. The Morgan fingerprint density at radius 1 is 1.10 bits per heavy atom. The molecule has 0 aliphatic heterocycles. The Morgan fingerprint density at radius 3 is 2.45 bits per heavy atom. The summed E-state index contributed by atoms with van der Waals surface area (Å²) in [6.07, 6.45) is 0. The number of nitrogens with zero attached hydrogens (tertiary/aromatic N) is 3. The van der Waals surface area contributed by atoms with Gasteiger partial charge in [0, 0.05) is 13.1 Å². The molecule has 0 aliphatic carbocycles. The third-order valence-electron chi connectivity index (χ3n) is 3.33. The molecular weight excluding hydrogens is 274 g/mol. The van der Waals surface area contributed by atoms with E-state index in [0.717, 1.165) is 22.5 Å². The van der Waals surface area contributed by atoms with Gasteiger partial charge in [-0.2, -0.15) is 0 Å². The fraction of sp³-hybridized carbons (Fsp3) is 0.333. The molecule has 4 nitrogen and oxygen atoms in total. The number of halogens is 1. The summed E-state index contributed by atoms with van der Waals surface area (Å²) < 4.78 is 0. The van der Waals surface area contributed by atoms with Gasteiger partial charge in [-0.15, -0.1) is 10.2 Å². The Hall–Kier alpha value is -1.65. The van der Waals surface area contributed by atoms with Crippen molar-refractivity contribution in [2.75, 3.05) is 18.1 Å². The summed E-state index contributed by atoms with van der Waals surface area (Å²) in [6, 6.07) is 10.1. The van der Waals surface area contributed by atoms with Crippen molar-refractivity contribution in [1.29, 1.82) is 0 Å². The lowest BCUT2D eigenvalue weighted by molar-refractivity contribution is 0.301. The standard InChI is InChI=1S/C15H18ClN3O/c1-11-12(2)15(18-17-14(11)16)19(8-9-20)10-13-6-4-3-5-7-13/h3-7,20H,8-10H2,1-2H3. The van der Waals surface area contributed by atoms with E-state index in [9.17, 15) is 5.11 Å². The van der Waals surface area contributed by atoms with Gasteiger partial charge in [0.1, 0.15) is 0 Å². The maximum atomic E-state index is 9.27. The van der Waals surface area contributed by atoms with E-state index in [4.69, 9.17) is 11.6 Å². The molecule has 0 fully saturated rings. The normalized spacial score (nSPS) is 10.6. The van der Waals surface area contributed by atoms with Crippen molar-refractivity contribution in [3.05, 3.63) is 52.2 Å². The van der Waals surface area contributed by atoms with E-state index in [1.165, 1.54) is 0 Å². The Labute approximate surface area is 124 Å². The van der Waals surface area contributed by atoms with E-state index in [-0.39, 0.29) is 6.61 Å². The van der Waals surface area contributed by atoms with Gasteiger partial charge in [0.25, 0.3) is 0 Å². The van der Waals surface area contributed by atoms with Crippen LogP contribution in [0.5, 0.6) is 0 Å². The maximum Gasteiger partial charge on any atom is 0.155 e. The van der Waals surface area contributed by atoms with Gasteiger partial charge in [-0.3, -0.25) is 0 Å². The number of hydrogen-bond acceptors (Lipinski definition) is 4. The van der Waals surface area contributed by atoms with E-state index in [1.807, 2.05) is 36.9 Å². The third-order valence-corrected chi connectivity index (χ3v) is 3.68. The van der Waals surface area contributed by atoms with Gasteiger partial charge < -0.3 is 10.0 Å².